The third kappa shape index (κ3) is 13.8. The van der Waals surface area contributed by atoms with Crippen molar-refractivity contribution in [1.82, 2.24) is 0 Å². The number of rotatable bonds is 17. The third-order valence-corrected chi connectivity index (χ3v) is 5.05. The summed E-state index contributed by atoms with van der Waals surface area (Å²) < 4.78 is 0.522. The summed E-state index contributed by atoms with van der Waals surface area (Å²) in [5, 5.41) is 9.30. The highest BCUT2D eigenvalue weighted by atomic mass is 16.4. The van der Waals surface area contributed by atoms with Crippen molar-refractivity contribution in [1.29, 1.82) is 0 Å². The van der Waals surface area contributed by atoms with Crippen LogP contribution in [0.15, 0.2) is 0 Å². The Kier molecular flexibility index (Phi) is 14.4. The molecular formula is C21H44NO2+. The summed E-state index contributed by atoms with van der Waals surface area (Å²) in [5.74, 6) is -0.655. The van der Waals surface area contributed by atoms with Gasteiger partial charge in [-0.05, 0) is 6.42 Å². The van der Waals surface area contributed by atoms with E-state index in [0.717, 1.165) is 12.8 Å². The normalized spacial score (nSPS) is 13.2. The van der Waals surface area contributed by atoms with Gasteiger partial charge in [0.05, 0.1) is 21.1 Å². The van der Waals surface area contributed by atoms with Gasteiger partial charge in [-0.3, -0.25) is 0 Å². The van der Waals surface area contributed by atoms with Crippen LogP contribution in [0.25, 0.3) is 0 Å². The number of carbonyl (C=O) groups is 1. The molecule has 0 aromatic heterocycles. The van der Waals surface area contributed by atoms with Gasteiger partial charge in [0.2, 0.25) is 0 Å². The Labute approximate surface area is 151 Å². The standard InChI is InChI=1S/C21H43NO2/c1-5-6-7-8-9-10-11-12-13-14-15-16-17-18-19-20(21(23)24)22(2,3)4/h20H,5-19H2,1-4H3/p+1/t20-/m1/s1. The zero-order valence-electron chi connectivity index (χ0n) is 17.0. The van der Waals surface area contributed by atoms with Gasteiger partial charge < -0.3 is 9.59 Å². The molecule has 0 unspecified atom stereocenters. The van der Waals surface area contributed by atoms with Gasteiger partial charge in [0.1, 0.15) is 0 Å². The summed E-state index contributed by atoms with van der Waals surface area (Å²) in [6.45, 7) is 2.27. The average Bonchev–Trinajstić information content (AvgIpc) is 2.49. The van der Waals surface area contributed by atoms with Gasteiger partial charge in [-0.1, -0.05) is 90.4 Å². The molecule has 0 aromatic rings. The maximum Gasteiger partial charge on any atom is 0.362 e. The second-order valence-corrected chi connectivity index (χ2v) is 8.36. The maximum atomic E-state index is 11.3. The Morgan fingerprint density at radius 2 is 1.04 bits per heavy atom. The second-order valence-electron chi connectivity index (χ2n) is 8.36. The van der Waals surface area contributed by atoms with E-state index < -0.39 is 5.97 Å². The molecular weight excluding hydrogens is 298 g/mol. The number of hydrogen-bond acceptors (Lipinski definition) is 1. The van der Waals surface area contributed by atoms with Gasteiger partial charge in [-0.15, -0.1) is 0 Å². The number of carboxylic acid groups (broad SMARTS) is 1. The van der Waals surface area contributed by atoms with Crippen LogP contribution in [0.4, 0.5) is 0 Å². The Morgan fingerprint density at radius 3 is 1.33 bits per heavy atom. The van der Waals surface area contributed by atoms with Crippen LogP contribution in [0.1, 0.15) is 103 Å². The Morgan fingerprint density at radius 1 is 0.708 bits per heavy atom. The van der Waals surface area contributed by atoms with Gasteiger partial charge in [0.15, 0.2) is 6.04 Å². The van der Waals surface area contributed by atoms with Crippen molar-refractivity contribution in [3.8, 4) is 0 Å². The first-order chi connectivity index (χ1) is 11.4. The Balaban J connectivity index is 3.35. The van der Waals surface area contributed by atoms with E-state index in [1.54, 1.807) is 0 Å². The van der Waals surface area contributed by atoms with Crippen LogP contribution in [0.3, 0.4) is 0 Å². The highest BCUT2D eigenvalue weighted by molar-refractivity contribution is 5.72. The highest BCUT2D eigenvalue weighted by Gasteiger charge is 2.30. The van der Waals surface area contributed by atoms with E-state index in [9.17, 15) is 9.90 Å². The van der Waals surface area contributed by atoms with Gasteiger partial charge in [0, 0.05) is 6.42 Å². The minimum atomic E-state index is -0.655. The molecule has 3 heteroatoms. The van der Waals surface area contributed by atoms with Gasteiger partial charge in [-0.25, -0.2) is 4.79 Å². The summed E-state index contributed by atoms with van der Waals surface area (Å²) in [6, 6.07) is -0.262. The molecule has 0 saturated heterocycles. The first-order valence-corrected chi connectivity index (χ1v) is 10.4. The molecule has 0 aromatic carbocycles. The molecule has 0 aliphatic carbocycles. The van der Waals surface area contributed by atoms with Crippen molar-refractivity contribution in [3.63, 3.8) is 0 Å². The van der Waals surface area contributed by atoms with Crippen molar-refractivity contribution in [2.45, 2.75) is 109 Å². The monoisotopic (exact) mass is 342 g/mol. The lowest BCUT2D eigenvalue weighted by Gasteiger charge is -2.31. The molecule has 0 fully saturated rings. The summed E-state index contributed by atoms with van der Waals surface area (Å²) in [5.41, 5.74) is 0. The number of quaternary nitrogens is 1. The quantitative estimate of drug-likeness (QED) is 0.259. The van der Waals surface area contributed by atoms with Gasteiger partial charge in [-0.2, -0.15) is 0 Å². The van der Waals surface area contributed by atoms with E-state index >= 15 is 0 Å². The van der Waals surface area contributed by atoms with Crippen LogP contribution in [0.2, 0.25) is 0 Å². The number of unbranched alkanes of at least 4 members (excludes halogenated alkanes) is 13. The molecule has 144 valence electrons. The molecule has 0 aliphatic heterocycles. The Bertz CT molecular complexity index is 297. The molecule has 1 N–H and O–H groups in total. The molecule has 1 atom stereocenters. The minimum absolute atomic E-state index is 0.262. The molecule has 24 heavy (non-hydrogen) atoms. The topological polar surface area (TPSA) is 37.3 Å². The minimum Gasteiger partial charge on any atom is -0.477 e. The van der Waals surface area contributed by atoms with Crippen molar-refractivity contribution in [2.24, 2.45) is 0 Å². The fourth-order valence-electron chi connectivity index (χ4n) is 3.37. The molecule has 0 heterocycles. The third-order valence-electron chi connectivity index (χ3n) is 5.05. The summed E-state index contributed by atoms with van der Waals surface area (Å²) in [7, 11) is 5.92. The van der Waals surface area contributed by atoms with E-state index in [1.807, 2.05) is 21.1 Å². The fourth-order valence-corrected chi connectivity index (χ4v) is 3.37. The number of aliphatic carboxylic acids is 1. The highest BCUT2D eigenvalue weighted by Crippen LogP contribution is 2.16. The van der Waals surface area contributed by atoms with Crippen molar-refractivity contribution >= 4 is 5.97 Å². The zero-order chi connectivity index (χ0) is 18.3. The first kappa shape index (κ1) is 23.4. The summed E-state index contributed by atoms with van der Waals surface area (Å²) >= 11 is 0. The van der Waals surface area contributed by atoms with E-state index in [-0.39, 0.29) is 6.04 Å². The lowest BCUT2D eigenvalue weighted by molar-refractivity contribution is -0.887. The lowest BCUT2D eigenvalue weighted by Crippen LogP contribution is -2.49. The SMILES string of the molecule is CCCCCCCCCCCCCCCC[C@H](C(=O)O)[N+](C)(C)C. The first-order valence-electron chi connectivity index (χ1n) is 10.4. The lowest BCUT2D eigenvalue weighted by atomic mass is 10.0. The number of carboxylic acids is 1. The van der Waals surface area contributed by atoms with Gasteiger partial charge >= 0.3 is 5.97 Å². The number of nitrogens with zero attached hydrogens (tertiary/aromatic N) is 1. The smallest absolute Gasteiger partial charge is 0.362 e. The predicted octanol–water partition coefficient (Wildman–Crippen LogP) is 6.02. The van der Waals surface area contributed by atoms with E-state index in [0.29, 0.717) is 4.48 Å². The molecule has 0 rings (SSSR count). The van der Waals surface area contributed by atoms with E-state index in [4.69, 9.17) is 0 Å². The molecule has 3 nitrogen and oxygen atoms in total. The molecule has 0 bridgehead atoms. The number of likely N-dealkylation sites (N-methyl/N-ethyl adjacent to an activating group) is 1. The van der Waals surface area contributed by atoms with Crippen LogP contribution in [0, 0.1) is 0 Å². The van der Waals surface area contributed by atoms with Gasteiger partial charge in [0.25, 0.3) is 0 Å². The van der Waals surface area contributed by atoms with Crippen LogP contribution in [-0.2, 0) is 4.79 Å². The molecule has 0 spiro atoms. The predicted molar refractivity (Wildman–Crippen MR) is 104 cm³/mol. The fraction of sp³-hybridized carbons (Fsp3) is 0.952. The van der Waals surface area contributed by atoms with Crippen LogP contribution >= 0.6 is 0 Å². The van der Waals surface area contributed by atoms with Crippen molar-refractivity contribution in [3.05, 3.63) is 0 Å². The molecule has 0 saturated carbocycles. The molecule has 0 aliphatic rings. The Hall–Kier alpha value is -0.570. The summed E-state index contributed by atoms with van der Waals surface area (Å²) in [6.07, 6.45) is 19.6. The molecule has 0 radical (unpaired) electrons. The zero-order valence-corrected chi connectivity index (χ0v) is 17.0. The van der Waals surface area contributed by atoms with E-state index in [1.165, 1.54) is 83.5 Å². The number of hydrogen-bond donors (Lipinski definition) is 1. The van der Waals surface area contributed by atoms with Crippen LogP contribution in [0.5, 0.6) is 0 Å². The largest absolute Gasteiger partial charge is 0.477 e. The van der Waals surface area contributed by atoms with Crippen molar-refractivity contribution < 1.29 is 14.4 Å². The van der Waals surface area contributed by atoms with Crippen molar-refractivity contribution in [2.75, 3.05) is 21.1 Å². The maximum absolute atomic E-state index is 11.3. The molecule has 0 amide bonds. The summed E-state index contributed by atoms with van der Waals surface area (Å²) in [4.78, 5) is 11.3. The average molecular weight is 343 g/mol. The van der Waals surface area contributed by atoms with E-state index in [2.05, 4.69) is 6.92 Å². The van der Waals surface area contributed by atoms with Crippen LogP contribution < -0.4 is 0 Å². The second kappa shape index (κ2) is 14.7. The van der Waals surface area contributed by atoms with Crippen LogP contribution in [-0.4, -0.2) is 42.7 Å².